The third kappa shape index (κ3) is 5.16. The number of hydrogen-bond donors (Lipinski definition) is 4. The second-order valence-electron chi connectivity index (χ2n) is 3.11. The van der Waals surface area contributed by atoms with Gasteiger partial charge in [-0.2, -0.15) is 0 Å². The van der Waals surface area contributed by atoms with Crippen molar-refractivity contribution >= 4 is 12.1 Å². The van der Waals surface area contributed by atoms with Gasteiger partial charge in [-0.15, -0.1) is 0 Å². The lowest BCUT2D eigenvalue weighted by molar-refractivity contribution is -0.120. The van der Waals surface area contributed by atoms with Gasteiger partial charge in [-0.05, 0) is 19.9 Å². The predicted octanol–water partition coefficient (Wildman–Crippen LogP) is -0.468. The van der Waals surface area contributed by atoms with E-state index in [0.717, 1.165) is 0 Å². The zero-order valence-corrected chi connectivity index (χ0v) is 9.49. The number of rotatable bonds is 6. The summed E-state index contributed by atoms with van der Waals surface area (Å²) in [6.07, 6.45) is 2.42. The fraction of sp³-hybridized carbons (Fsp3) is 0.400. The van der Waals surface area contributed by atoms with Crippen LogP contribution in [-0.4, -0.2) is 18.7 Å². The Bertz CT molecular complexity index is 319. The molecule has 0 aromatic rings. The molecule has 0 heterocycles. The maximum absolute atomic E-state index is 11.4. The minimum absolute atomic E-state index is 0.135. The smallest absolute Gasteiger partial charge is 0.224 e. The Hall–Kier alpha value is -1.82. The SMILES string of the molecule is C=C(N)/C(NC(=O)CCCN)=C(/N)N=CC. The molecule has 7 N–H and O–H groups in total. The van der Waals surface area contributed by atoms with Crippen molar-refractivity contribution in [3.63, 3.8) is 0 Å². The zero-order chi connectivity index (χ0) is 12.6. The lowest BCUT2D eigenvalue weighted by Gasteiger charge is -2.10. The van der Waals surface area contributed by atoms with E-state index in [0.29, 0.717) is 19.4 Å². The summed E-state index contributed by atoms with van der Waals surface area (Å²) >= 11 is 0. The Kier molecular flexibility index (Phi) is 6.62. The lowest BCUT2D eigenvalue weighted by atomic mass is 10.2. The molecule has 0 bridgehead atoms. The van der Waals surface area contributed by atoms with E-state index < -0.39 is 0 Å². The molecule has 0 saturated heterocycles. The van der Waals surface area contributed by atoms with Gasteiger partial charge < -0.3 is 22.5 Å². The summed E-state index contributed by atoms with van der Waals surface area (Å²) in [5.41, 5.74) is 16.8. The second kappa shape index (κ2) is 7.47. The fourth-order valence-electron chi connectivity index (χ4n) is 0.977. The van der Waals surface area contributed by atoms with Gasteiger partial charge in [0.15, 0.2) is 0 Å². The van der Waals surface area contributed by atoms with Crippen LogP contribution in [-0.2, 0) is 4.79 Å². The van der Waals surface area contributed by atoms with Crippen LogP contribution in [0.3, 0.4) is 0 Å². The summed E-state index contributed by atoms with van der Waals surface area (Å²) < 4.78 is 0. The number of nitrogens with zero attached hydrogens (tertiary/aromatic N) is 1. The first-order chi connectivity index (χ1) is 7.52. The third-order valence-electron chi connectivity index (χ3n) is 1.72. The molecule has 0 aliphatic heterocycles. The number of hydrogen-bond acceptors (Lipinski definition) is 5. The molecule has 0 atom stereocenters. The standard InChI is InChI=1S/C10H19N5O/c1-3-14-10(13)9(7(2)12)15-8(16)5-4-6-11/h3H,2,4-6,11-13H2,1H3,(H,15,16)/b10-9+,14-3?. The number of amides is 1. The van der Waals surface area contributed by atoms with Crippen molar-refractivity contribution in [2.24, 2.45) is 22.2 Å². The van der Waals surface area contributed by atoms with Crippen LogP contribution >= 0.6 is 0 Å². The summed E-state index contributed by atoms with van der Waals surface area (Å²) in [4.78, 5) is 15.3. The highest BCUT2D eigenvalue weighted by Gasteiger charge is 2.09. The van der Waals surface area contributed by atoms with Gasteiger partial charge >= 0.3 is 0 Å². The minimum atomic E-state index is -0.207. The maximum Gasteiger partial charge on any atom is 0.224 e. The van der Waals surface area contributed by atoms with Crippen molar-refractivity contribution in [2.75, 3.05) is 6.54 Å². The van der Waals surface area contributed by atoms with E-state index in [9.17, 15) is 4.79 Å². The topological polar surface area (TPSA) is 120 Å². The molecular formula is C10H19N5O. The van der Waals surface area contributed by atoms with Gasteiger partial charge in [0.05, 0.1) is 5.70 Å². The van der Waals surface area contributed by atoms with Gasteiger partial charge in [-0.1, -0.05) is 6.58 Å². The molecule has 0 saturated carbocycles. The maximum atomic E-state index is 11.4. The highest BCUT2D eigenvalue weighted by atomic mass is 16.1. The van der Waals surface area contributed by atoms with E-state index in [1.165, 1.54) is 6.21 Å². The van der Waals surface area contributed by atoms with Crippen molar-refractivity contribution in [3.8, 4) is 0 Å². The van der Waals surface area contributed by atoms with Crippen LogP contribution in [0.15, 0.2) is 28.8 Å². The Morgan fingerprint density at radius 1 is 1.50 bits per heavy atom. The molecule has 0 aromatic heterocycles. The highest BCUT2D eigenvalue weighted by molar-refractivity contribution is 5.78. The van der Waals surface area contributed by atoms with Gasteiger partial charge in [-0.3, -0.25) is 4.79 Å². The van der Waals surface area contributed by atoms with Crippen LogP contribution in [0.2, 0.25) is 0 Å². The first-order valence-electron chi connectivity index (χ1n) is 4.96. The Labute approximate surface area is 95.3 Å². The van der Waals surface area contributed by atoms with Crippen LogP contribution in [0, 0.1) is 0 Å². The van der Waals surface area contributed by atoms with Gasteiger partial charge in [0.25, 0.3) is 0 Å². The van der Waals surface area contributed by atoms with Crippen LogP contribution < -0.4 is 22.5 Å². The summed E-state index contributed by atoms with van der Waals surface area (Å²) in [6.45, 7) is 5.68. The summed E-state index contributed by atoms with van der Waals surface area (Å²) in [5.74, 6) is -0.0719. The molecule has 0 aromatic carbocycles. The number of nitrogens with one attached hydrogen (secondary N) is 1. The second-order valence-corrected chi connectivity index (χ2v) is 3.11. The molecule has 6 heteroatoms. The van der Waals surface area contributed by atoms with E-state index in [2.05, 4.69) is 16.9 Å². The summed E-state index contributed by atoms with van der Waals surface area (Å²) in [7, 11) is 0. The van der Waals surface area contributed by atoms with Crippen LogP contribution in [0.25, 0.3) is 0 Å². The number of carbonyl (C=O) groups excluding carboxylic acids is 1. The Balaban J connectivity index is 4.64. The van der Waals surface area contributed by atoms with Crippen molar-refractivity contribution in [1.29, 1.82) is 0 Å². The van der Waals surface area contributed by atoms with Crippen molar-refractivity contribution in [2.45, 2.75) is 19.8 Å². The lowest BCUT2D eigenvalue weighted by Crippen LogP contribution is -2.28. The van der Waals surface area contributed by atoms with Gasteiger partial charge in [0.2, 0.25) is 5.91 Å². The highest BCUT2D eigenvalue weighted by Crippen LogP contribution is 2.03. The number of aliphatic imine (C=N–C) groups is 1. The third-order valence-corrected chi connectivity index (χ3v) is 1.72. The van der Waals surface area contributed by atoms with Gasteiger partial charge in [-0.25, -0.2) is 4.99 Å². The summed E-state index contributed by atoms with van der Waals surface area (Å²) in [6, 6.07) is 0. The molecule has 0 rings (SSSR count). The average Bonchev–Trinajstić information content (AvgIpc) is 2.22. The molecule has 0 spiro atoms. The van der Waals surface area contributed by atoms with Gasteiger partial charge in [0.1, 0.15) is 11.5 Å². The molecule has 0 fully saturated rings. The monoisotopic (exact) mass is 225 g/mol. The Morgan fingerprint density at radius 2 is 2.12 bits per heavy atom. The molecule has 0 unspecified atom stereocenters. The van der Waals surface area contributed by atoms with E-state index in [1.54, 1.807) is 6.92 Å². The zero-order valence-electron chi connectivity index (χ0n) is 9.49. The molecule has 90 valence electrons. The quantitative estimate of drug-likeness (QED) is 0.361. The molecule has 16 heavy (non-hydrogen) atoms. The van der Waals surface area contributed by atoms with E-state index >= 15 is 0 Å². The van der Waals surface area contributed by atoms with Crippen molar-refractivity contribution < 1.29 is 4.79 Å². The summed E-state index contributed by atoms with van der Waals surface area (Å²) in [5, 5.41) is 2.56. The predicted molar refractivity (Wildman–Crippen MR) is 65.1 cm³/mol. The normalized spacial score (nSPS) is 12.4. The van der Waals surface area contributed by atoms with E-state index in [1.807, 2.05) is 0 Å². The minimum Gasteiger partial charge on any atom is -0.397 e. The molecular weight excluding hydrogens is 206 g/mol. The number of carbonyl (C=O) groups is 1. The van der Waals surface area contributed by atoms with Gasteiger partial charge in [0, 0.05) is 12.6 Å². The van der Waals surface area contributed by atoms with Crippen molar-refractivity contribution in [3.05, 3.63) is 23.8 Å². The van der Waals surface area contributed by atoms with E-state index in [4.69, 9.17) is 17.2 Å². The Morgan fingerprint density at radius 3 is 2.56 bits per heavy atom. The van der Waals surface area contributed by atoms with Crippen molar-refractivity contribution in [1.82, 2.24) is 5.32 Å². The molecule has 0 radical (unpaired) electrons. The molecule has 1 amide bonds. The van der Waals surface area contributed by atoms with Crippen LogP contribution in [0.5, 0.6) is 0 Å². The van der Waals surface area contributed by atoms with Crippen LogP contribution in [0.4, 0.5) is 0 Å². The average molecular weight is 225 g/mol. The van der Waals surface area contributed by atoms with Crippen LogP contribution in [0.1, 0.15) is 19.8 Å². The molecule has 0 aliphatic rings. The first-order valence-corrected chi connectivity index (χ1v) is 4.96. The first kappa shape index (κ1) is 14.2. The van der Waals surface area contributed by atoms with E-state index in [-0.39, 0.29) is 23.1 Å². The molecule has 6 nitrogen and oxygen atoms in total. The number of nitrogens with two attached hydrogens (primary N) is 3. The molecule has 0 aliphatic carbocycles. The largest absolute Gasteiger partial charge is 0.397 e. The fourth-order valence-corrected chi connectivity index (χ4v) is 0.977.